The molecule has 0 saturated carbocycles. The Kier molecular flexibility index (Phi) is 12.1. The average Bonchev–Trinajstić information content (AvgIpc) is 2.56. The Morgan fingerprint density at radius 1 is 0.920 bits per heavy atom. The van der Waals surface area contributed by atoms with Crippen LogP contribution in [0.1, 0.15) is 84.0 Å². The third-order valence-electron chi connectivity index (χ3n) is 4.75. The predicted octanol–water partition coefficient (Wildman–Crippen LogP) is 3.24. The molecule has 1 fully saturated rings. The van der Waals surface area contributed by atoms with E-state index in [-0.39, 0.29) is 6.10 Å². The van der Waals surface area contributed by atoms with Gasteiger partial charge in [-0.15, -0.1) is 0 Å². The fourth-order valence-electron chi connectivity index (χ4n) is 3.09. The summed E-state index contributed by atoms with van der Waals surface area (Å²) >= 11 is 0. The molecule has 0 spiro atoms. The summed E-state index contributed by atoms with van der Waals surface area (Å²) in [4.78, 5) is 10.4. The number of hydrogen-bond donors (Lipinski definition) is 3. The first-order valence-electron chi connectivity index (χ1n) is 9.85. The van der Waals surface area contributed by atoms with E-state index in [1.807, 2.05) is 0 Å². The maximum atomic E-state index is 10.4. The molecule has 0 radical (unpaired) electrons. The average molecular weight is 360 g/mol. The number of carboxylic acid groups (broad SMARTS) is 1. The lowest BCUT2D eigenvalue weighted by Crippen LogP contribution is -2.47. The van der Waals surface area contributed by atoms with Gasteiger partial charge in [-0.1, -0.05) is 51.4 Å². The van der Waals surface area contributed by atoms with E-state index in [0.717, 1.165) is 32.1 Å². The zero-order chi connectivity index (χ0) is 18.5. The predicted molar refractivity (Wildman–Crippen MR) is 95.3 cm³/mol. The lowest BCUT2D eigenvalue weighted by molar-refractivity contribution is -0.261. The molecule has 0 aliphatic carbocycles. The Bertz CT molecular complexity index is 349. The van der Waals surface area contributed by atoms with Crippen LogP contribution < -0.4 is 0 Å². The quantitative estimate of drug-likeness (QED) is 0.412. The number of carbonyl (C=O) groups is 1. The highest BCUT2D eigenvalue weighted by atomic mass is 16.7. The highest BCUT2D eigenvalue weighted by Crippen LogP contribution is 2.21. The monoisotopic (exact) mass is 360 g/mol. The van der Waals surface area contributed by atoms with Gasteiger partial charge in [-0.05, 0) is 19.8 Å². The number of hydrogen-bond acceptors (Lipinski definition) is 5. The molecule has 1 saturated heterocycles. The summed E-state index contributed by atoms with van der Waals surface area (Å²) in [5.41, 5.74) is 0. The number of rotatable bonds is 14. The van der Waals surface area contributed by atoms with Gasteiger partial charge in [0.25, 0.3) is 0 Å². The van der Waals surface area contributed by atoms with E-state index in [4.69, 9.17) is 14.6 Å². The van der Waals surface area contributed by atoms with Crippen molar-refractivity contribution >= 4 is 5.97 Å². The van der Waals surface area contributed by atoms with E-state index in [1.165, 1.54) is 32.1 Å². The molecule has 1 rings (SSSR count). The van der Waals surface area contributed by atoms with E-state index >= 15 is 0 Å². The van der Waals surface area contributed by atoms with Crippen LogP contribution in [-0.2, 0) is 14.3 Å². The fraction of sp³-hybridized carbons (Fsp3) is 0.947. The number of aliphatic hydroxyl groups is 2. The summed E-state index contributed by atoms with van der Waals surface area (Å²) in [5.74, 6) is -0.694. The Morgan fingerprint density at radius 2 is 1.44 bits per heavy atom. The number of aliphatic carboxylic acids is 1. The summed E-state index contributed by atoms with van der Waals surface area (Å²) in [6.45, 7) is 2.37. The molecule has 148 valence electrons. The molecule has 1 heterocycles. The minimum Gasteiger partial charge on any atom is -0.481 e. The lowest BCUT2D eigenvalue weighted by atomic mass is 10.0. The van der Waals surface area contributed by atoms with Crippen molar-refractivity contribution in [1.82, 2.24) is 0 Å². The van der Waals surface area contributed by atoms with E-state index in [1.54, 1.807) is 6.92 Å². The molecule has 0 amide bonds. The number of ether oxygens (including phenoxy) is 2. The van der Waals surface area contributed by atoms with Crippen molar-refractivity contribution < 1.29 is 29.6 Å². The summed E-state index contributed by atoms with van der Waals surface area (Å²) in [6.07, 6.45) is 9.43. The van der Waals surface area contributed by atoms with Crippen LogP contribution in [0.5, 0.6) is 0 Å². The zero-order valence-electron chi connectivity index (χ0n) is 15.6. The first-order chi connectivity index (χ1) is 12.0. The van der Waals surface area contributed by atoms with Gasteiger partial charge in [-0.2, -0.15) is 0 Å². The van der Waals surface area contributed by atoms with Crippen LogP contribution in [0.4, 0.5) is 0 Å². The van der Waals surface area contributed by atoms with E-state index in [9.17, 15) is 15.0 Å². The van der Waals surface area contributed by atoms with Crippen LogP contribution in [0.25, 0.3) is 0 Å². The first-order valence-corrected chi connectivity index (χ1v) is 9.85. The largest absolute Gasteiger partial charge is 0.481 e. The second-order valence-electron chi connectivity index (χ2n) is 7.13. The molecule has 6 nitrogen and oxygen atoms in total. The standard InChI is InChI=1S/C19H36O6/c1-15-16(20)14-17(21)19(25-15)24-13-11-9-7-5-3-2-4-6-8-10-12-18(22)23/h15-17,19-21H,2-14H2,1H3,(H,22,23). The maximum Gasteiger partial charge on any atom is 0.303 e. The molecule has 25 heavy (non-hydrogen) atoms. The van der Waals surface area contributed by atoms with Crippen molar-refractivity contribution in [2.24, 2.45) is 0 Å². The van der Waals surface area contributed by atoms with Gasteiger partial charge in [-0.25, -0.2) is 0 Å². The van der Waals surface area contributed by atoms with Gasteiger partial charge in [-0.3, -0.25) is 4.79 Å². The van der Waals surface area contributed by atoms with Gasteiger partial charge in [0.05, 0.1) is 12.2 Å². The van der Waals surface area contributed by atoms with Gasteiger partial charge >= 0.3 is 5.97 Å². The summed E-state index contributed by atoms with van der Waals surface area (Å²) in [5, 5.41) is 28.0. The highest BCUT2D eigenvalue weighted by molar-refractivity contribution is 5.66. The van der Waals surface area contributed by atoms with Crippen LogP contribution in [0.2, 0.25) is 0 Å². The number of aliphatic hydroxyl groups excluding tert-OH is 2. The molecule has 4 atom stereocenters. The summed E-state index contributed by atoms with van der Waals surface area (Å²) in [7, 11) is 0. The third-order valence-corrected chi connectivity index (χ3v) is 4.75. The molecule has 1 aliphatic rings. The Hall–Kier alpha value is -0.690. The van der Waals surface area contributed by atoms with Gasteiger partial charge in [0.2, 0.25) is 0 Å². The zero-order valence-corrected chi connectivity index (χ0v) is 15.6. The molecule has 1 aliphatic heterocycles. The van der Waals surface area contributed by atoms with E-state index in [2.05, 4.69) is 0 Å². The van der Waals surface area contributed by atoms with Crippen molar-refractivity contribution in [3.8, 4) is 0 Å². The topological polar surface area (TPSA) is 96.2 Å². The van der Waals surface area contributed by atoms with Crippen LogP contribution in [0.15, 0.2) is 0 Å². The molecule has 0 aromatic rings. The van der Waals surface area contributed by atoms with Crippen LogP contribution in [0, 0.1) is 0 Å². The van der Waals surface area contributed by atoms with Gasteiger partial charge in [0.15, 0.2) is 6.29 Å². The second kappa shape index (κ2) is 13.5. The SMILES string of the molecule is CC1OC(OCCCCCCCCCCCCC(=O)O)C(O)CC1O. The molecule has 0 aromatic carbocycles. The van der Waals surface area contributed by atoms with Crippen molar-refractivity contribution in [3.63, 3.8) is 0 Å². The Morgan fingerprint density at radius 3 is 2.00 bits per heavy atom. The van der Waals surface area contributed by atoms with Crippen molar-refractivity contribution in [2.75, 3.05) is 6.61 Å². The van der Waals surface area contributed by atoms with Crippen LogP contribution in [0.3, 0.4) is 0 Å². The van der Waals surface area contributed by atoms with E-state index < -0.39 is 24.5 Å². The second-order valence-corrected chi connectivity index (χ2v) is 7.13. The smallest absolute Gasteiger partial charge is 0.303 e. The molecular formula is C19H36O6. The minimum absolute atomic E-state index is 0.294. The Balaban J connectivity index is 1.84. The van der Waals surface area contributed by atoms with Crippen LogP contribution >= 0.6 is 0 Å². The third kappa shape index (κ3) is 10.8. The maximum absolute atomic E-state index is 10.4. The minimum atomic E-state index is -0.748. The van der Waals surface area contributed by atoms with Crippen molar-refractivity contribution in [1.29, 1.82) is 0 Å². The van der Waals surface area contributed by atoms with Crippen LogP contribution in [-0.4, -0.2) is 52.5 Å². The lowest BCUT2D eigenvalue weighted by Gasteiger charge is -2.35. The van der Waals surface area contributed by atoms with Gasteiger partial charge in [0.1, 0.15) is 6.10 Å². The molecular weight excluding hydrogens is 324 g/mol. The van der Waals surface area contributed by atoms with Gasteiger partial charge in [0, 0.05) is 19.4 Å². The molecule has 4 unspecified atom stereocenters. The number of carboxylic acids is 1. The Labute approximate surface area is 151 Å². The summed E-state index contributed by atoms with van der Waals surface area (Å²) < 4.78 is 11.1. The molecule has 6 heteroatoms. The fourth-order valence-corrected chi connectivity index (χ4v) is 3.09. The van der Waals surface area contributed by atoms with E-state index in [0.29, 0.717) is 19.4 Å². The number of unbranched alkanes of at least 4 members (excludes halogenated alkanes) is 9. The first kappa shape index (κ1) is 22.4. The summed E-state index contributed by atoms with van der Waals surface area (Å²) in [6, 6.07) is 0. The van der Waals surface area contributed by atoms with Gasteiger partial charge < -0.3 is 24.8 Å². The molecule has 3 N–H and O–H groups in total. The molecule has 0 aromatic heterocycles. The highest BCUT2D eigenvalue weighted by Gasteiger charge is 2.34. The normalized spacial score (nSPS) is 26.7. The molecule has 0 bridgehead atoms. The van der Waals surface area contributed by atoms with Crippen molar-refractivity contribution in [3.05, 3.63) is 0 Å². The van der Waals surface area contributed by atoms with Crippen molar-refractivity contribution in [2.45, 2.75) is 109 Å².